The van der Waals surface area contributed by atoms with Gasteiger partial charge in [-0.1, -0.05) is 26.0 Å². The van der Waals surface area contributed by atoms with Crippen LogP contribution in [0.4, 0.5) is 0 Å². The van der Waals surface area contributed by atoms with Crippen molar-refractivity contribution in [2.75, 3.05) is 12.4 Å². The zero-order chi connectivity index (χ0) is 12.9. The minimum Gasteiger partial charge on any atom is -0.494 e. The summed E-state index contributed by atoms with van der Waals surface area (Å²) in [6.07, 6.45) is 0.283. The lowest BCUT2D eigenvalue weighted by Crippen LogP contribution is -2.08. The van der Waals surface area contributed by atoms with Crippen molar-refractivity contribution < 1.29 is 17.7 Å². The lowest BCUT2D eigenvalue weighted by molar-refractivity contribution is 0.316. The lowest BCUT2D eigenvalue weighted by atomic mass is 10.0. The number of hydrogen-bond donors (Lipinski definition) is 1. The van der Waals surface area contributed by atoms with E-state index in [2.05, 4.69) is 13.8 Å². The van der Waals surface area contributed by atoms with E-state index in [1.165, 1.54) is 5.56 Å². The highest BCUT2D eigenvalue weighted by Crippen LogP contribution is 2.18. The highest BCUT2D eigenvalue weighted by molar-refractivity contribution is 7.85. The summed E-state index contributed by atoms with van der Waals surface area (Å²) >= 11 is 0. The molecule has 0 aliphatic heterocycles. The topological polar surface area (TPSA) is 63.6 Å². The fourth-order valence-corrected chi connectivity index (χ4v) is 1.86. The standard InChI is InChI=1S/C12H18O4S/c1-10(2)11-4-6-12(7-5-11)16-8-3-9-17(13,14)15/h4-7,10H,3,8-9H2,1-2H3,(H,13,14,15). The zero-order valence-electron chi connectivity index (χ0n) is 10.1. The van der Waals surface area contributed by atoms with Crippen molar-refractivity contribution in [1.29, 1.82) is 0 Å². The first-order valence-electron chi connectivity index (χ1n) is 5.56. The van der Waals surface area contributed by atoms with Crippen molar-refractivity contribution in [2.45, 2.75) is 26.2 Å². The first-order chi connectivity index (χ1) is 7.88. The third kappa shape index (κ3) is 5.70. The molecule has 1 aromatic carbocycles. The molecule has 0 fully saturated rings. The van der Waals surface area contributed by atoms with E-state index < -0.39 is 10.1 Å². The molecule has 5 heteroatoms. The zero-order valence-corrected chi connectivity index (χ0v) is 10.9. The molecule has 1 rings (SSSR count). The summed E-state index contributed by atoms with van der Waals surface area (Å²) in [5.74, 6) is 0.921. The van der Waals surface area contributed by atoms with Crippen molar-refractivity contribution in [3.8, 4) is 5.75 Å². The molecule has 1 N–H and O–H groups in total. The van der Waals surface area contributed by atoms with Gasteiger partial charge in [0.25, 0.3) is 10.1 Å². The van der Waals surface area contributed by atoms with Gasteiger partial charge in [0.15, 0.2) is 0 Å². The molecule has 0 aromatic heterocycles. The summed E-state index contributed by atoms with van der Waals surface area (Å²) in [5, 5.41) is 0. The average molecular weight is 258 g/mol. The smallest absolute Gasteiger partial charge is 0.264 e. The van der Waals surface area contributed by atoms with Gasteiger partial charge in [-0.15, -0.1) is 0 Å². The van der Waals surface area contributed by atoms with Gasteiger partial charge in [0.05, 0.1) is 12.4 Å². The molecule has 1 aromatic rings. The third-order valence-corrected chi connectivity index (χ3v) is 3.17. The Kier molecular flexibility index (Phi) is 4.96. The van der Waals surface area contributed by atoms with Crippen LogP contribution in [0.15, 0.2) is 24.3 Å². The van der Waals surface area contributed by atoms with E-state index in [0.717, 1.165) is 0 Å². The molecule has 0 heterocycles. The highest BCUT2D eigenvalue weighted by Gasteiger charge is 2.04. The van der Waals surface area contributed by atoms with Gasteiger partial charge in [0.1, 0.15) is 5.75 Å². The van der Waals surface area contributed by atoms with Crippen molar-refractivity contribution in [3.05, 3.63) is 29.8 Å². The summed E-state index contributed by atoms with van der Waals surface area (Å²) in [5.41, 5.74) is 1.23. The molecule has 0 unspecified atom stereocenters. The van der Waals surface area contributed by atoms with E-state index in [-0.39, 0.29) is 18.8 Å². The molecule has 0 atom stereocenters. The predicted octanol–water partition coefficient (Wildman–Crippen LogP) is 2.47. The van der Waals surface area contributed by atoms with E-state index in [0.29, 0.717) is 11.7 Å². The predicted molar refractivity (Wildman–Crippen MR) is 67.1 cm³/mol. The van der Waals surface area contributed by atoms with Crippen LogP contribution in [0.3, 0.4) is 0 Å². The normalized spacial score (nSPS) is 11.8. The summed E-state index contributed by atoms with van der Waals surface area (Å²) in [4.78, 5) is 0. The van der Waals surface area contributed by atoms with E-state index in [1.807, 2.05) is 24.3 Å². The molecule has 0 spiro atoms. The molecule has 0 saturated heterocycles. The monoisotopic (exact) mass is 258 g/mol. The SMILES string of the molecule is CC(C)c1ccc(OCCCS(=O)(=O)O)cc1. The molecule has 0 aliphatic rings. The Labute approximate surface area is 102 Å². The van der Waals surface area contributed by atoms with Crippen LogP contribution in [0.2, 0.25) is 0 Å². The number of rotatable bonds is 6. The van der Waals surface area contributed by atoms with Gasteiger partial charge in [-0.05, 0) is 30.0 Å². The Morgan fingerprint density at radius 3 is 2.29 bits per heavy atom. The van der Waals surface area contributed by atoms with Crippen molar-refractivity contribution >= 4 is 10.1 Å². The maximum absolute atomic E-state index is 10.5. The largest absolute Gasteiger partial charge is 0.494 e. The van der Waals surface area contributed by atoms with Crippen LogP contribution in [-0.4, -0.2) is 25.3 Å². The van der Waals surface area contributed by atoms with Crippen LogP contribution in [-0.2, 0) is 10.1 Å². The maximum Gasteiger partial charge on any atom is 0.264 e. The Balaban J connectivity index is 2.37. The molecule has 0 saturated carbocycles. The van der Waals surface area contributed by atoms with Crippen LogP contribution in [0, 0.1) is 0 Å². The molecule has 96 valence electrons. The van der Waals surface area contributed by atoms with Crippen molar-refractivity contribution in [2.24, 2.45) is 0 Å². The molecule has 0 amide bonds. The summed E-state index contributed by atoms with van der Waals surface area (Å²) < 4.78 is 34.8. The summed E-state index contributed by atoms with van der Waals surface area (Å²) in [7, 11) is -3.88. The molecular formula is C12H18O4S. The molecule has 17 heavy (non-hydrogen) atoms. The molecule has 0 bridgehead atoms. The fraction of sp³-hybridized carbons (Fsp3) is 0.500. The number of benzene rings is 1. The second-order valence-corrected chi connectivity index (χ2v) is 5.78. The Hall–Kier alpha value is -1.07. The van der Waals surface area contributed by atoms with Gasteiger partial charge in [-0.2, -0.15) is 8.42 Å². The van der Waals surface area contributed by atoms with Crippen molar-refractivity contribution in [3.63, 3.8) is 0 Å². The maximum atomic E-state index is 10.5. The van der Waals surface area contributed by atoms with Gasteiger partial charge in [-0.25, -0.2) is 0 Å². The van der Waals surface area contributed by atoms with Gasteiger partial charge < -0.3 is 4.74 Å². The number of ether oxygens (including phenoxy) is 1. The van der Waals surface area contributed by atoms with Gasteiger partial charge >= 0.3 is 0 Å². The van der Waals surface area contributed by atoms with Crippen LogP contribution >= 0.6 is 0 Å². The number of hydrogen-bond acceptors (Lipinski definition) is 3. The highest BCUT2D eigenvalue weighted by atomic mass is 32.2. The van der Waals surface area contributed by atoms with Gasteiger partial charge in [0, 0.05) is 0 Å². The first-order valence-corrected chi connectivity index (χ1v) is 7.17. The minimum atomic E-state index is -3.88. The second-order valence-electron chi connectivity index (χ2n) is 4.21. The first kappa shape index (κ1) is 14.0. The molecule has 0 radical (unpaired) electrons. The third-order valence-electron chi connectivity index (χ3n) is 2.36. The summed E-state index contributed by atoms with van der Waals surface area (Å²) in [6.45, 7) is 4.50. The van der Waals surface area contributed by atoms with Crippen LogP contribution in [0.25, 0.3) is 0 Å². The second kappa shape index (κ2) is 6.02. The van der Waals surface area contributed by atoms with Crippen LogP contribution in [0.5, 0.6) is 5.75 Å². The Bertz CT molecular complexity index is 434. The lowest BCUT2D eigenvalue weighted by Gasteiger charge is -2.08. The Morgan fingerprint density at radius 1 is 1.24 bits per heavy atom. The van der Waals surface area contributed by atoms with E-state index in [9.17, 15) is 8.42 Å². The molecular weight excluding hydrogens is 240 g/mol. The fourth-order valence-electron chi connectivity index (χ4n) is 1.38. The van der Waals surface area contributed by atoms with E-state index >= 15 is 0 Å². The van der Waals surface area contributed by atoms with Gasteiger partial charge in [-0.3, -0.25) is 4.55 Å². The van der Waals surface area contributed by atoms with Crippen LogP contribution < -0.4 is 4.74 Å². The van der Waals surface area contributed by atoms with Crippen molar-refractivity contribution in [1.82, 2.24) is 0 Å². The van der Waals surface area contributed by atoms with E-state index in [4.69, 9.17) is 9.29 Å². The average Bonchev–Trinajstić information content (AvgIpc) is 2.24. The summed E-state index contributed by atoms with van der Waals surface area (Å²) in [6, 6.07) is 7.71. The Morgan fingerprint density at radius 2 is 1.82 bits per heavy atom. The quantitative estimate of drug-likeness (QED) is 0.629. The molecule has 0 aliphatic carbocycles. The van der Waals surface area contributed by atoms with E-state index in [1.54, 1.807) is 0 Å². The minimum absolute atomic E-state index is 0.267. The van der Waals surface area contributed by atoms with Gasteiger partial charge in [0.2, 0.25) is 0 Å². The van der Waals surface area contributed by atoms with Crippen LogP contribution in [0.1, 0.15) is 31.7 Å². The molecule has 4 nitrogen and oxygen atoms in total.